The Labute approximate surface area is 129 Å². The second-order valence-corrected chi connectivity index (χ2v) is 6.09. The van der Waals surface area contributed by atoms with Gasteiger partial charge in [0.25, 0.3) is 0 Å². The highest BCUT2D eigenvalue weighted by Gasteiger charge is 2.23. The predicted molar refractivity (Wildman–Crippen MR) is 84.4 cm³/mol. The molecule has 0 aliphatic carbocycles. The molecule has 3 nitrogen and oxygen atoms in total. The minimum atomic E-state index is -0.610. The van der Waals surface area contributed by atoms with Gasteiger partial charge in [0.05, 0.1) is 5.69 Å². The van der Waals surface area contributed by atoms with Crippen molar-refractivity contribution in [2.24, 2.45) is 5.41 Å². The van der Waals surface area contributed by atoms with Crippen molar-refractivity contribution in [2.45, 2.75) is 20.8 Å². The van der Waals surface area contributed by atoms with Crippen LogP contribution in [0.25, 0.3) is 0 Å². The molecule has 0 fully saturated rings. The summed E-state index contributed by atoms with van der Waals surface area (Å²) in [5, 5.41) is 2.70. The quantitative estimate of drug-likeness (QED) is 0.869. The summed E-state index contributed by atoms with van der Waals surface area (Å²) < 4.78 is 13.5. The van der Waals surface area contributed by atoms with E-state index >= 15 is 0 Å². The molecule has 4 heteroatoms. The van der Waals surface area contributed by atoms with E-state index in [9.17, 15) is 14.0 Å². The first-order valence-electron chi connectivity index (χ1n) is 7.00. The molecule has 0 spiro atoms. The summed E-state index contributed by atoms with van der Waals surface area (Å²) in [6, 6.07) is 12.4. The van der Waals surface area contributed by atoms with Gasteiger partial charge in [-0.2, -0.15) is 0 Å². The van der Waals surface area contributed by atoms with E-state index in [0.717, 1.165) is 6.07 Å². The van der Waals surface area contributed by atoms with Gasteiger partial charge in [-0.3, -0.25) is 9.59 Å². The van der Waals surface area contributed by atoms with Gasteiger partial charge < -0.3 is 5.32 Å². The monoisotopic (exact) mass is 299 g/mol. The molecule has 0 unspecified atom stereocenters. The van der Waals surface area contributed by atoms with E-state index in [4.69, 9.17) is 0 Å². The molecular formula is C18H18FNO2. The number of hydrogen-bond acceptors (Lipinski definition) is 2. The summed E-state index contributed by atoms with van der Waals surface area (Å²) in [6.07, 6.45) is 0. The van der Waals surface area contributed by atoms with Crippen molar-refractivity contribution in [1.29, 1.82) is 0 Å². The highest BCUT2D eigenvalue weighted by atomic mass is 19.1. The lowest BCUT2D eigenvalue weighted by molar-refractivity contribution is -0.123. The van der Waals surface area contributed by atoms with Crippen LogP contribution in [0.15, 0.2) is 48.5 Å². The van der Waals surface area contributed by atoms with E-state index in [2.05, 4.69) is 5.32 Å². The van der Waals surface area contributed by atoms with E-state index in [1.807, 2.05) is 0 Å². The minimum Gasteiger partial charge on any atom is -0.325 e. The van der Waals surface area contributed by atoms with Gasteiger partial charge >= 0.3 is 0 Å². The molecule has 0 aromatic heterocycles. The Balaban J connectivity index is 2.41. The SMILES string of the molecule is CC(C)(C)C(=O)Nc1ccc(F)cc1C(=O)c1ccccc1. The van der Waals surface area contributed by atoms with Crippen LogP contribution >= 0.6 is 0 Å². The van der Waals surface area contributed by atoms with Gasteiger partial charge in [-0.05, 0) is 18.2 Å². The van der Waals surface area contributed by atoms with E-state index in [-0.39, 0.29) is 17.3 Å². The topological polar surface area (TPSA) is 46.2 Å². The first-order chi connectivity index (χ1) is 10.3. The predicted octanol–water partition coefficient (Wildman–Crippen LogP) is 4.04. The summed E-state index contributed by atoms with van der Waals surface area (Å²) in [7, 11) is 0. The minimum absolute atomic E-state index is 0.142. The molecule has 0 aliphatic heterocycles. The van der Waals surface area contributed by atoms with Crippen LogP contribution in [0.1, 0.15) is 36.7 Å². The molecule has 0 atom stereocenters. The highest BCUT2D eigenvalue weighted by Crippen LogP contribution is 2.23. The Hall–Kier alpha value is -2.49. The molecule has 2 aromatic carbocycles. The molecule has 22 heavy (non-hydrogen) atoms. The molecule has 0 radical (unpaired) electrons. The molecule has 2 aromatic rings. The fraction of sp³-hybridized carbons (Fsp3) is 0.222. The second kappa shape index (κ2) is 6.10. The first kappa shape index (κ1) is 15.9. The van der Waals surface area contributed by atoms with E-state index in [0.29, 0.717) is 11.3 Å². The summed E-state index contributed by atoms with van der Waals surface area (Å²) >= 11 is 0. The van der Waals surface area contributed by atoms with Crippen molar-refractivity contribution in [3.05, 3.63) is 65.5 Å². The normalized spacial score (nSPS) is 11.1. The molecule has 0 saturated carbocycles. The van der Waals surface area contributed by atoms with Gasteiger partial charge in [0.15, 0.2) is 5.78 Å². The van der Waals surface area contributed by atoms with Gasteiger partial charge in [-0.1, -0.05) is 51.1 Å². The van der Waals surface area contributed by atoms with Gasteiger partial charge in [0.2, 0.25) is 5.91 Å². The van der Waals surface area contributed by atoms with Crippen LogP contribution in [0.4, 0.5) is 10.1 Å². The maximum atomic E-state index is 13.5. The third-order valence-electron chi connectivity index (χ3n) is 3.19. The Morgan fingerprint density at radius 3 is 2.23 bits per heavy atom. The van der Waals surface area contributed by atoms with Crippen molar-refractivity contribution in [1.82, 2.24) is 0 Å². The number of nitrogens with one attached hydrogen (secondary N) is 1. The van der Waals surface area contributed by atoms with E-state index < -0.39 is 11.2 Å². The van der Waals surface area contributed by atoms with Gasteiger partial charge in [0.1, 0.15) is 5.82 Å². The average molecular weight is 299 g/mol. The number of rotatable bonds is 3. The summed E-state index contributed by atoms with van der Waals surface area (Å²) in [6.45, 7) is 5.31. The zero-order chi connectivity index (χ0) is 16.3. The third-order valence-corrected chi connectivity index (χ3v) is 3.19. The number of halogens is 1. The number of anilines is 1. The smallest absolute Gasteiger partial charge is 0.229 e. The second-order valence-electron chi connectivity index (χ2n) is 6.09. The van der Waals surface area contributed by atoms with Crippen LogP contribution in [-0.2, 0) is 4.79 Å². The zero-order valence-electron chi connectivity index (χ0n) is 12.8. The molecule has 0 saturated heterocycles. The van der Waals surface area contributed by atoms with Crippen LogP contribution < -0.4 is 5.32 Å². The van der Waals surface area contributed by atoms with E-state index in [1.165, 1.54) is 12.1 Å². The van der Waals surface area contributed by atoms with Crippen molar-refractivity contribution in [3.63, 3.8) is 0 Å². The molecule has 0 aliphatic rings. The Morgan fingerprint density at radius 1 is 1.00 bits per heavy atom. The van der Waals surface area contributed by atoms with Gasteiger partial charge in [-0.15, -0.1) is 0 Å². The summed E-state index contributed by atoms with van der Waals surface area (Å²) in [5.41, 5.74) is 0.292. The van der Waals surface area contributed by atoms with Crippen LogP contribution in [-0.4, -0.2) is 11.7 Å². The number of benzene rings is 2. The molecule has 2 rings (SSSR count). The van der Waals surface area contributed by atoms with Gasteiger partial charge in [0, 0.05) is 16.5 Å². The number of hydrogen-bond donors (Lipinski definition) is 1. The Bertz CT molecular complexity index is 703. The number of ketones is 1. The molecule has 0 bridgehead atoms. The largest absolute Gasteiger partial charge is 0.325 e. The highest BCUT2D eigenvalue weighted by molar-refractivity contribution is 6.14. The Kier molecular flexibility index (Phi) is 4.40. The lowest BCUT2D eigenvalue weighted by Crippen LogP contribution is -2.28. The number of carbonyl (C=O) groups excluding carboxylic acids is 2. The maximum Gasteiger partial charge on any atom is 0.229 e. The number of carbonyl (C=O) groups is 2. The maximum absolute atomic E-state index is 13.5. The van der Waals surface area contributed by atoms with Crippen molar-refractivity contribution < 1.29 is 14.0 Å². The van der Waals surface area contributed by atoms with Crippen LogP contribution in [0, 0.1) is 11.2 Å². The third kappa shape index (κ3) is 3.58. The molecule has 0 heterocycles. The summed E-state index contributed by atoms with van der Waals surface area (Å²) in [5.74, 6) is -1.08. The van der Waals surface area contributed by atoms with Crippen molar-refractivity contribution in [2.75, 3.05) is 5.32 Å². The van der Waals surface area contributed by atoms with Crippen molar-refractivity contribution >= 4 is 17.4 Å². The lowest BCUT2D eigenvalue weighted by Gasteiger charge is -2.19. The van der Waals surface area contributed by atoms with E-state index in [1.54, 1.807) is 51.1 Å². The Morgan fingerprint density at radius 2 is 1.64 bits per heavy atom. The van der Waals surface area contributed by atoms with Crippen molar-refractivity contribution in [3.8, 4) is 0 Å². The fourth-order valence-corrected chi connectivity index (χ4v) is 1.87. The van der Waals surface area contributed by atoms with Gasteiger partial charge in [-0.25, -0.2) is 4.39 Å². The van der Waals surface area contributed by atoms with Crippen LogP contribution in [0.2, 0.25) is 0 Å². The standard InChI is InChI=1S/C18H18FNO2/c1-18(2,3)17(22)20-15-10-9-13(19)11-14(15)16(21)12-7-5-4-6-8-12/h4-11H,1-3H3,(H,20,22). The lowest BCUT2D eigenvalue weighted by atomic mass is 9.94. The average Bonchev–Trinajstić information content (AvgIpc) is 2.48. The molecule has 114 valence electrons. The zero-order valence-corrected chi connectivity index (χ0v) is 12.8. The van der Waals surface area contributed by atoms with Crippen LogP contribution in [0.3, 0.4) is 0 Å². The van der Waals surface area contributed by atoms with Crippen LogP contribution in [0.5, 0.6) is 0 Å². The molecule has 1 N–H and O–H groups in total. The molecule has 1 amide bonds. The molecular weight excluding hydrogens is 281 g/mol. The fourth-order valence-electron chi connectivity index (χ4n) is 1.87. The summed E-state index contributed by atoms with van der Waals surface area (Å²) in [4.78, 5) is 24.6. The number of amides is 1. The first-order valence-corrected chi connectivity index (χ1v) is 7.00.